The molecule has 2 nitrogen and oxygen atoms in total. The Bertz CT molecular complexity index is 290. The second-order valence-electron chi connectivity index (χ2n) is 4.73. The van der Waals surface area contributed by atoms with Gasteiger partial charge in [-0.25, -0.2) is 0 Å². The molecule has 0 atom stereocenters. The van der Waals surface area contributed by atoms with Crippen molar-refractivity contribution < 1.29 is 4.74 Å². The van der Waals surface area contributed by atoms with Gasteiger partial charge in [-0.2, -0.15) is 0 Å². The maximum atomic E-state index is 5.59. The summed E-state index contributed by atoms with van der Waals surface area (Å²) >= 11 is 0. The van der Waals surface area contributed by atoms with Gasteiger partial charge < -0.3 is 10.5 Å². The molecule has 1 aromatic carbocycles. The summed E-state index contributed by atoms with van der Waals surface area (Å²) in [5.41, 5.74) is 7.22. The minimum absolute atomic E-state index is 0.281. The number of hydrogen-bond acceptors (Lipinski definition) is 2. The predicted octanol–water partition coefficient (Wildman–Crippen LogP) is 2.61. The van der Waals surface area contributed by atoms with Crippen molar-refractivity contribution in [2.24, 2.45) is 11.1 Å². The van der Waals surface area contributed by atoms with Gasteiger partial charge >= 0.3 is 0 Å². The molecule has 0 aliphatic heterocycles. The molecule has 1 aromatic rings. The third kappa shape index (κ3) is 3.92. The molecule has 0 saturated heterocycles. The molecule has 0 spiro atoms. The summed E-state index contributed by atoms with van der Waals surface area (Å²) in [7, 11) is 1.69. The molecule has 0 fully saturated rings. The highest BCUT2D eigenvalue weighted by Gasteiger charge is 2.17. The van der Waals surface area contributed by atoms with Gasteiger partial charge in [0.1, 0.15) is 5.75 Å². The number of benzene rings is 1. The minimum Gasteiger partial charge on any atom is -0.497 e. The molecule has 0 unspecified atom stereocenters. The highest BCUT2D eigenvalue weighted by atomic mass is 16.5. The van der Waals surface area contributed by atoms with Gasteiger partial charge in [0.2, 0.25) is 0 Å². The zero-order chi connectivity index (χ0) is 11.3. The molecule has 0 aromatic heterocycles. The summed E-state index contributed by atoms with van der Waals surface area (Å²) in [6.45, 7) is 5.26. The second kappa shape index (κ2) is 5.17. The van der Waals surface area contributed by atoms with E-state index in [1.54, 1.807) is 7.11 Å². The quantitative estimate of drug-likeness (QED) is 0.805. The van der Waals surface area contributed by atoms with Crippen molar-refractivity contribution in [2.75, 3.05) is 13.7 Å². The number of rotatable bonds is 5. The van der Waals surface area contributed by atoms with E-state index in [1.807, 2.05) is 12.1 Å². The third-order valence-corrected chi connectivity index (χ3v) is 2.66. The van der Waals surface area contributed by atoms with Gasteiger partial charge in [-0.15, -0.1) is 0 Å². The Hall–Kier alpha value is -1.02. The van der Waals surface area contributed by atoms with Crippen LogP contribution in [0, 0.1) is 5.41 Å². The van der Waals surface area contributed by atoms with Crippen LogP contribution >= 0.6 is 0 Å². The van der Waals surface area contributed by atoms with E-state index in [2.05, 4.69) is 26.0 Å². The maximum Gasteiger partial charge on any atom is 0.118 e. The minimum atomic E-state index is 0.281. The Labute approximate surface area is 92.4 Å². The number of hydrogen-bond donors (Lipinski definition) is 1. The fraction of sp³-hybridized carbons (Fsp3) is 0.538. The summed E-state index contributed by atoms with van der Waals surface area (Å²) in [4.78, 5) is 0. The lowest BCUT2D eigenvalue weighted by atomic mass is 9.83. The largest absolute Gasteiger partial charge is 0.497 e. The second-order valence-corrected chi connectivity index (χ2v) is 4.73. The van der Waals surface area contributed by atoms with E-state index in [9.17, 15) is 0 Å². The van der Waals surface area contributed by atoms with Crippen LogP contribution in [0.15, 0.2) is 24.3 Å². The van der Waals surface area contributed by atoms with Gasteiger partial charge in [0.25, 0.3) is 0 Å². The molecule has 1 rings (SSSR count). The van der Waals surface area contributed by atoms with Crippen molar-refractivity contribution >= 4 is 0 Å². The summed E-state index contributed by atoms with van der Waals surface area (Å²) in [6.07, 6.45) is 2.12. The molecule has 0 aliphatic carbocycles. The standard InChI is InChI=1S/C13H21NO/c1-13(2,8-9-14)10-11-4-6-12(15-3)7-5-11/h4-7H,8-10,14H2,1-3H3. The summed E-state index contributed by atoms with van der Waals surface area (Å²) in [6, 6.07) is 8.26. The molecule has 15 heavy (non-hydrogen) atoms. The molecule has 0 radical (unpaired) electrons. The first-order valence-electron chi connectivity index (χ1n) is 5.40. The highest BCUT2D eigenvalue weighted by molar-refractivity contribution is 5.27. The maximum absolute atomic E-state index is 5.59. The highest BCUT2D eigenvalue weighted by Crippen LogP contribution is 2.26. The van der Waals surface area contributed by atoms with Crippen LogP contribution in [0.25, 0.3) is 0 Å². The molecule has 0 aliphatic rings. The Balaban J connectivity index is 2.64. The fourth-order valence-corrected chi connectivity index (χ4v) is 1.78. The fourth-order valence-electron chi connectivity index (χ4n) is 1.78. The van der Waals surface area contributed by atoms with Crippen molar-refractivity contribution in [2.45, 2.75) is 26.7 Å². The van der Waals surface area contributed by atoms with Crippen LogP contribution in [0.4, 0.5) is 0 Å². The van der Waals surface area contributed by atoms with Gasteiger partial charge in [0.05, 0.1) is 7.11 Å². The molecule has 84 valence electrons. The van der Waals surface area contributed by atoms with Gasteiger partial charge in [0.15, 0.2) is 0 Å². The van der Waals surface area contributed by atoms with Crippen molar-refractivity contribution in [1.29, 1.82) is 0 Å². The number of ether oxygens (including phenoxy) is 1. The van der Waals surface area contributed by atoms with Crippen LogP contribution in [0.2, 0.25) is 0 Å². The molecule has 2 heteroatoms. The van der Waals surface area contributed by atoms with E-state index >= 15 is 0 Å². The molecule has 2 N–H and O–H groups in total. The molecule has 0 amide bonds. The SMILES string of the molecule is COc1ccc(CC(C)(C)CCN)cc1. The Morgan fingerprint density at radius 2 is 1.80 bits per heavy atom. The topological polar surface area (TPSA) is 35.2 Å². The average molecular weight is 207 g/mol. The van der Waals surface area contributed by atoms with Gasteiger partial charge in [-0.05, 0) is 42.5 Å². The number of methoxy groups -OCH3 is 1. The lowest BCUT2D eigenvalue weighted by molar-refractivity contribution is 0.338. The van der Waals surface area contributed by atoms with Crippen LogP contribution in [0.5, 0.6) is 5.75 Å². The summed E-state index contributed by atoms with van der Waals surface area (Å²) in [5, 5.41) is 0. The van der Waals surface area contributed by atoms with Crippen molar-refractivity contribution in [3.63, 3.8) is 0 Å². The molecule has 0 bridgehead atoms. The lowest BCUT2D eigenvalue weighted by Crippen LogP contribution is -2.19. The monoisotopic (exact) mass is 207 g/mol. The van der Waals surface area contributed by atoms with Crippen molar-refractivity contribution in [3.8, 4) is 5.75 Å². The van der Waals surface area contributed by atoms with E-state index in [4.69, 9.17) is 10.5 Å². The van der Waals surface area contributed by atoms with Crippen molar-refractivity contribution in [1.82, 2.24) is 0 Å². The lowest BCUT2D eigenvalue weighted by Gasteiger charge is -2.23. The van der Waals surface area contributed by atoms with Gasteiger partial charge in [0, 0.05) is 0 Å². The Morgan fingerprint density at radius 1 is 1.20 bits per heavy atom. The van der Waals surface area contributed by atoms with Crippen molar-refractivity contribution in [3.05, 3.63) is 29.8 Å². The summed E-state index contributed by atoms with van der Waals surface area (Å²) in [5.74, 6) is 0.912. The van der Waals surface area contributed by atoms with E-state index in [0.29, 0.717) is 0 Å². The van der Waals surface area contributed by atoms with Crippen LogP contribution in [0.3, 0.4) is 0 Å². The first-order valence-corrected chi connectivity index (χ1v) is 5.40. The first-order chi connectivity index (χ1) is 7.07. The van der Waals surface area contributed by atoms with Crippen LogP contribution in [0.1, 0.15) is 25.8 Å². The Kier molecular flexibility index (Phi) is 4.15. The van der Waals surface area contributed by atoms with E-state index < -0.39 is 0 Å². The zero-order valence-corrected chi connectivity index (χ0v) is 9.92. The molecular weight excluding hydrogens is 186 g/mol. The van der Waals surface area contributed by atoms with E-state index in [0.717, 1.165) is 25.1 Å². The van der Waals surface area contributed by atoms with Crippen LogP contribution in [-0.2, 0) is 6.42 Å². The molecular formula is C13H21NO. The van der Waals surface area contributed by atoms with E-state index in [1.165, 1.54) is 5.56 Å². The normalized spacial score (nSPS) is 11.5. The number of nitrogens with two attached hydrogens (primary N) is 1. The average Bonchev–Trinajstić information content (AvgIpc) is 2.18. The smallest absolute Gasteiger partial charge is 0.118 e. The molecule has 0 heterocycles. The van der Waals surface area contributed by atoms with E-state index in [-0.39, 0.29) is 5.41 Å². The summed E-state index contributed by atoms with van der Waals surface area (Å²) < 4.78 is 5.13. The van der Waals surface area contributed by atoms with Crippen LogP contribution in [-0.4, -0.2) is 13.7 Å². The Morgan fingerprint density at radius 3 is 2.27 bits per heavy atom. The van der Waals surface area contributed by atoms with Crippen LogP contribution < -0.4 is 10.5 Å². The van der Waals surface area contributed by atoms with Gasteiger partial charge in [-0.1, -0.05) is 26.0 Å². The van der Waals surface area contributed by atoms with Gasteiger partial charge in [-0.3, -0.25) is 0 Å². The zero-order valence-electron chi connectivity index (χ0n) is 9.92. The third-order valence-electron chi connectivity index (χ3n) is 2.66. The molecule has 0 saturated carbocycles. The predicted molar refractivity (Wildman–Crippen MR) is 64.2 cm³/mol. The first kappa shape index (κ1) is 12.1.